The Labute approximate surface area is 95.8 Å². The van der Waals surface area contributed by atoms with Crippen LogP contribution in [0.5, 0.6) is 0 Å². The van der Waals surface area contributed by atoms with Crippen LogP contribution >= 0.6 is 0 Å². The van der Waals surface area contributed by atoms with Crippen LogP contribution in [0.3, 0.4) is 0 Å². The third-order valence-electron chi connectivity index (χ3n) is 2.18. The van der Waals surface area contributed by atoms with Crippen LogP contribution in [0.25, 0.3) is 0 Å². The Balaban J connectivity index is 3.40. The van der Waals surface area contributed by atoms with Gasteiger partial charge in [0.1, 0.15) is 6.61 Å². The molecule has 0 aromatic heterocycles. The first-order valence-corrected chi connectivity index (χ1v) is 5.41. The molecule has 5 heteroatoms. The predicted octanol–water partition coefficient (Wildman–Crippen LogP) is 2.19. The summed E-state index contributed by atoms with van der Waals surface area (Å²) >= 11 is 0. The molecule has 0 amide bonds. The van der Waals surface area contributed by atoms with E-state index in [-0.39, 0.29) is 5.41 Å². The van der Waals surface area contributed by atoms with Gasteiger partial charge in [0.2, 0.25) is 0 Å². The number of ether oxygens (including phenoxy) is 1. The molecule has 0 spiro atoms. The van der Waals surface area contributed by atoms with E-state index in [2.05, 4.69) is 25.2 Å². The lowest BCUT2D eigenvalue weighted by molar-refractivity contribution is 0.0183. The van der Waals surface area contributed by atoms with Gasteiger partial charge in [-0.15, -0.1) is 0 Å². The molecule has 0 aliphatic rings. The van der Waals surface area contributed by atoms with Crippen LogP contribution in [0, 0.1) is 16.7 Å². The fourth-order valence-electron chi connectivity index (χ4n) is 1.23. The Morgan fingerprint density at radius 2 is 2.12 bits per heavy atom. The van der Waals surface area contributed by atoms with E-state index in [1.165, 1.54) is 0 Å². The van der Waals surface area contributed by atoms with Crippen LogP contribution in [-0.4, -0.2) is 32.7 Å². The maximum atomic E-state index is 11.7. The molecule has 94 valence electrons. The molecular weight excluding hydrogens is 214 g/mol. The van der Waals surface area contributed by atoms with Crippen molar-refractivity contribution >= 4 is 0 Å². The largest absolute Gasteiger partial charge is 0.374 e. The van der Waals surface area contributed by atoms with E-state index in [1.807, 2.05) is 0 Å². The van der Waals surface area contributed by atoms with Crippen LogP contribution in [0.4, 0.5) is 8.78 Å². The molecule has 0 saturated carbocycles. The second-order valence-electron chi connectivity index (χ2n) is 4.47. The molecule has 0 aliphatic carbocycles. The minimum Gasteiger partial charge on any atom is -0.374 e. The number of hydrogen-bond acceptors (Lipinski definition) is 3. The van der Waals surface area contributed by atoms with Crippen molar-refractivity contribution < 1.29 is 13.5 Å². The van der Waals surface area contributed by atoms with Crippen molar-refractivity contribution in [2.45, 2.75) is 33.1 Å². The van der Waals surface area contributed by atoms with Gasteiger partial charge >= 0.3 is 0 Å². The number of alkyl halides is 2. The molecule has 0 bridgehead atoms. The van der Waals surface area contributed by atoms with Crippen molar-refractivity contribution in [3.63, 3.8) is 0 Å². The van der Waals surface area contributed by atoms with E-state index >= 15 is 0 Å². The first-order valence-electron chi connectivity index (χ1n) is 5.41. The van der Waals surface area contributed by atoms with Crippen LogP contribution in [0.2, 0.25) is 0 Å². The predicted molar refractivity (Wildman–Crippen MR) is 58.3 cm³/mol. The molecule has 0 rings (SSSR count). The first kappa shape index (κ1) is 15.3. The summed E-state index contributed by atoms with van der Waals surface area (Å²) < 4.78 is 28.1. The first-order chi connectivity index (χ1) is 7.48. The Hall–Kier alpha value is -0.730. The molecule has 0 aromatic carbocycles. The van der Waals surface area contributed by atoms with Crippen molar-refractivity contribution in [1.29, 1.82) is 5.26 Å². The molecule has 0 radical (unpaired) electrons. The Bertz CT molecular complexity index is 215. The van der Waals surface area contributed by atoms with Gasteiger partial charge in [-0.05, 0) is 11.8 Å². The summed E-state index contributed by atoms with van der Waals surface area (Å²) in [7, 11) is 0. The van der Waals surface area contributed by atoms with E-state index in [0.29, 0.717) is 19.6 Å². The lowest BCUT2D eigenvalue weighted by Crippen LogP contribution is -2.31. The second-order valence-corrected chi connectivity index (χ2v) is 4.47. The molecule has 3 nitrogen and oxygen atoms in total. The van der Waals surface area contributed by atoms with Crippen molar-refractivity contribution in [1.82, 2.24) is 5.32 Å². The van der Waals surface area contributed by atoms with E-state index in [1.54, 1.807) is 0 Å². The summed E-state index contributed by atoms with van der Waals surface area (Å²) in [4.78, 5) is 0. The SMILES string of the molecule is CC(C)(CCC#N)CNCCOCC(F)F. The van der Waals surface area contributed by atoms with Gasteiger partial charge in [-0.25, -0.2) is 8.78 Å². The summed E-state index contributed by atoms with van der Waals surface area (Å²) in [6, 6.07) is 2.11. The third-order valence-corrected chi connectivity index (χ3v) is 2.18. The fraction of sp³-hybridized carbons (Fsp3) is 0.909. The van der Waals surface area contributed by atoms with Crippen LogP contribution in [0.15, 0.2) is 0 Å². The molecule has 0 saturated heterocycles. The fourth-order valence-corrected chi connectivity index (χ4v) is 1.23. The zero-order valence-electron chi connectivity index (χ0n) is 9.93. The van der Waals surface area contributed by atoms with Gasteiger partial charge in [0.25, 0.3) is 6.43 Å². The molecule has 0 unspecified atom stereocenters. The van der Waals surface area contributed by atoms with E-state index in [0.717, 1.165) is 13.0 Å². The summed E-state index contributed by atoms with van der Waals surface area (Å²) in [6.07, 6.45) is -1.03. The summed E-state index contributed by atoms with van der Waals surface area (Å²) in [5, 5.41) is 11.6. The summed E-state index contributed by atoms with van der Waals surface area (Å²) in [5.41, 5.74) is 0.0540. The summed E-state index contributed by atoms with van der Waals surface area (Å²) in [6.45, 7) is 5.24. The van der Waals surface area contributed by atoms with E-state index in [9.17, 15) is 8.78 Å². The van der Waals surface area contributed by atoms with Gasteiger partial charge in [-0.3, -0.25) is 0 Å². The van der Waals surface area contributed by atoms with Gasteiger partial charge in [-0.2, -0.15) is 5.26 Å². The van der Waals surface area contributed by atoms with E-state index in [4.69, 9.17) is 10.00 Å². The van der Waals surface area contributed by atoms with Crippen molar-refractivity contribution in [2.24, 2.45) is 5.41 Å². The van der Waals surface area contributed by atoms with Crippen molar-refractivity contribution in [3.8, 4) is 6.07 Å². The Morgan fingerprint density at radius 3 is 2.69 bits per heavy atom. The molecular formula is C11H20F2N2O. The molecule has 0 atom stereocenters. The number of nitriles is 1. The number of halogens is 2. The van der Waals surface area contributed by atoms with Crippen LogP contribution < -0.4 is 5.32 Å². The quantitative estimate of drug-likeness (QED) is 0.622. The zero-order valence-corrected chi connectivity index (χ0v) is 9.93. The standard InChI is InChI=1S/C11H20F2N2O/c1-11(2,4-3-5-14)9-15-6-7-16-8-10(12)13/h10,15H,3-4,6-9H2,1-2H3. The Morgan fingerprint density at radius 1 is 1.44 bits per heavy atom. The highest BCUT2D eigenvalue weighted by molar-refractivity contribution is 4.78. The second kappa shape index (κ2) is 8.43. The lowest BCUT2D eigenvalue weighted by atomic mass is 9.88. The number of rotatable bonds is 9. The third kappa shape index (κ3) is 9.81. The normalized spacial score (nSPS) is 11.8. The van der Waals surface area contributed by atoms with Gasteiger partial charge < -0.3 is 10.1 Å². The monoisotopic (exact) mass is 234 g/mol. The lowest BCUT2D eigenvalue weighted by Gasteiger charge is -2.23. The summed E-state index contributed by atoms with van der Waals surface area (Å²) in [5.74, 6) is 0. The smallest absolute Gasteiger partial charge is 0.261 e. The molecule has 0 aliphatic heterocycles. The number of hydrogen-bond donors (Lipinski definition) is 1. The average Bonchev–Trinajstić information content (AvgIpc) is 2.20. The van der Waals surface area contributed by atoms with Gasteiger partial charge in [0, 0.05) is 19.5 Å². The maximum Gasteiger partial charge on any atom is 0.261 e. The molecule has 0 heterocycles. The highest BCUT2D eigenvalue weighted by atomic mass is 19.3. The van der Waals surface area contributed by atoms with Crippen molar-refractivity contribution in [3.05, 3.63) is 0 Å². The molecule has 0 aromatic rings. The Kier molecular flexibility index (Phi) is 8.04. The topological polar surface area (TPSA) is 45.0 Å². The number of nitrogens with one attached hydrogen (secondary N) is 1. The number of nitrogens with zero attached hydrogens (tertiary/aromatic N) is 1. The highest BCUT2D eigenvalue weighted by Gasteiger charge is 2.16. The average molecular weight is 234 g/mol. The van der Waals surface area contributed by atoms with Gasteiger partial charge in [0.15, 0.2) is 0 Å². The molecule has 0 fully saturated rings. The van der Waals surface area contributed by atoms with Crippen LogP contribution in [-0.2, 0) is 4.74 Å². The molecule has 16 heavy (non-hydrogen) atoms. The highest BCUT2D eigenvalue weighted by Crippen LogP contribution is 2.20. The molecule has 1 N–H and O–H groups in total. The van der Waals surface area contributed by atoms with Crippen molar-refractivity contribution in [2.75, 3.05) is 26.3 Å². The van der Waals surface area contributed by atoms with Crippen LogP contribution in [0.1, 0.15) is 26.7 Å². The zero-order chi connectivity index (χ0) is 12.4. The minimum atomic E-state index is -2.40. The van der Waals surface area contributed by atoms with E-state index < -0.39 is 13.0 Å². The maximum absolute atomic E-state index is 11.7. The minimum absolute atomic E-state index is 0.0540. The van der Waals surface area contributed by atoms with Gasteiger partial charge in [-0.1, -0.05) is 13.8 Å². The van der Waals surface area contributed by atoms with Gasteiger partial charge in [0.05, 0.1) is 12.7 Å².